The van der Waals surface area contributed by atoms with Crippen molar-refractivity contribution in [3.8, 4) is 11.1 Å². The number of aromatic amines is 1. The fraction of sp³-hybridized carbons (Fsp3) is 0.409. The van der Waals surface area contributed by atoms with E-state index in [1.807, 2.05) is 38.5 Å². The van der Waals surface area contributed by atoms with Gasteiger partial charge in [0.15, 0.2) is 11.5 Å². The second-order valence-electron chi connectivity index (χ2n) is 8.85. The van der Waals surface area contributed by atoms with Gasteiger partial charge in [0.2, 0.25) is 0 Å². The maximum atomic E-state index is 6.74. The summed E-state index contributed by atoms with van der Waals surface area (Å²) < 4.78 is 1.78. The molecule has 29 heavy (non-hydrogen) atoms. The SMILES string of the molecule is Cc1nc2c(-c3ccc4nn(C)cc4c3Cl)c[nH]c2nc1N1CCC(C)(C)CC1. The lowest BCUT2D eigenvalue weighted by molar-refractivity contribution is 0.279. The zero-order valence-electron chi connectivity index (χ0n) is 17.3. The number of nitrogens with zero attached hydrogens (tertiary/aromatic N) is 5. The first-order chi connectivity index (χ1) is 13.8. The Bertz CT molecular complexity index is 1230. The van der Waals surface area contributed by atoms with Crippen molar-refractivity contribution in [2.75, 3.05) is 18.0 Å². The van der Waals surface area contributed by atoms with E-state index in [0.717, 1.165) is 57.8 Å². The molecule has 150 valence electrons. The molecule has 1 N–H and O–H groups in total. The van der Waals surface area contributed by atoms with Crippen LogP contribution >= 0.6 is 11.6 Å². The third-order valence-corrected chi connectivity index (χ3v) is 6.51. The Morgan fingerprint density at radius 1 is 1.10 bits per heavy atom. The Morgan fingerprint density at radius 2 is 1.86 bits per heavy atom. The van der Waals surface area contributed by atoms with Crippen LogP contribution in [0.15, 0.2) is 24.5 Å². The maximum absolute atomic E-state index is 6.74. The van der Waals surface area contributed by atoms with Gasteiger partial charge in [-0.2, -0.15) is 5.10 Å². The molecule has 3 aromatic heterocycles. The van der Waals surface area contributed by atoms with Gasteiger partial charge in [0.05, 0.1) is 16.2 Å². The van der Waals surface area contributed by atoms with Crippen LogP contribution in [-0.4, -0.2) is 37.8 Å². The van der Waals surface area contributed by atoms with E-state index in [4.69, 9.17) is 21.6 Å². The molecule has 1 aliphatic rings. The average molecular weight is 409 g/mol. The monoisotopic (exact) mass is 408 g/mol. The summed E-state index contributed by atoms with van der Waals surface area (Å²) in [7, 11) is 1.90. The summed E-state index contributed by atoms with van der Waals surface area (Å²) in [5, 5.41) is 6.07. The highest BCUT2D eigenvalue weighted by atomic mass is 35.5. The third kappa shape index (κ3) is 3.06. The molecule has 1 aliphatic heterocycles. The molecule has 7 heteroatoms. The standard InChI is InChI=1S/C22H25ClN6/c1-13-21(29-9-7-22(2,3)8-10-29)26-20-19(25-13)15(11-24-20)14-5-6-17-16(18(14)23)12-28(4)27-17/h5-6,11-12H,7-10H2,1-4H3,(H,24,26). The molecule has 0 radical (unpaired) electrons. The molecule has 1 saturated heterocycles. The van der Waals surface area contributed by atoms with Crippen LogP contribution < -0.4 is 4.90 Å². The third-order valence-electron chi connectivity index (χ3n) is 6.10. The van der Waals surface area contributed by atoms with Crippen molar-refractivity contribution in [3.63, 3.8) is 0 Å². The fourth-order valence-corrected chi connectivity index (χ4v) is 4.53. The number of halogens is 1. The number of hydrogen-bond donors (Lipinski definition) is 1. The number of anilines is 1. The Balaban J connectivity index is 1.58. The molecule has 0 bridgehead atoms. The van der Waals surface area contributed by atoms with Gasteiger partial charge >= 0.3 is 0 Å². The predicted octanol–water partition coefficient (Wildman–Crippen LogP) is 5.10. The Hall–Kier alpha value is -2.60. The van der Waals surface area contributed by atoms with Crippen LogP contribution in [-0.2, 0) is 7.05 Å². The molecule has 0 atom stereocenters. The van der Waals surface area contributed by atoms with E-state index in [0.29, 0.717) is 10.4 Å². The summed E-state index contributed by atoms with van der Waals surface area (Å²) in [5.74, 6) is 0.982. The van der Waals surface area contributed by atoms with Crippen molar-refractivity contribution >= 4 is 39.5 Å². The summed E-state index contributed by atoms with van der Waals surface area (Å²) in [5.41, 5.74) is 5.82. The largest absolute Gasteiger partial charge is 0.355 e. The summed E-state index contributed by atoms with van der Waals surface area (Å²) in [4.78, 5) is 15.5. The number of aromatic nitrogens is 5. The lowest BCUT2D eigenvalue weighted by atomic mass is 9.83. The minimum atomic E-state index is 0.406. The number of fused-ring (bicyclic) bond motifs is 2. The van der Waals surface area contributed by atoms with Crippen molar-refractivity contribution in [2.24, 2.45) is 12.5 Å². The number of benzene rings is 1. The first-order valence-electron chi connectivity index (χ1n) is 10.1. The van der Waals surface area contributed by atoms with E-state index >= 15 is 0 Å². The van der Waals surface area contributed by atoms with Gasteiger partial charge < -0.3 is 9.88 Å². The molecule has 0 amide bonds. The van der Waals surface area contributed by atoms with Crippen molar-refractivity contribution < 1.29 is 0 Å². The van der Waals surface area contributed by atoms with E-state index in [2.05, 4.69) is 28.8 Å². The van der Waals surface area contributed by atoms with E-state index in [-0.39, 0.29) is 0 Å². The summed E-state index contributed by atoms with van der Waals surface area (Å²) in [6, 6.07) is 4.01. The lowest BCUT2D eigenvalue weighted by Crippen LogP contribution is -2.38. The van der Waals surface area contributed by atoms with Gasteiger partial charge in [0, 0.05) is 49.0 Å². The van der Waals surface area contributed by atoms with Gasteiger partial charge in [-0.3, -0.25) is 4.68 Å². The maximum Gasteiger partial charge on any atom is 0.159 e. The molecule has 4 aromatic rings. The topological polar surface area (TPSA) is 62.6 Å². The first-order valence-corrected chi connectivity index (χ1v) is 10.4. The number of hydrogen-bond acceptors (Lipinski definition) is 4. The molecule has 1 fully saturated rings. The lowest BCUT2D eigenvalue weighted by Gasteiger charge is -2.37. The summed E-state index contributed by atoms with van der Waals surface area (Å²) in [6.07, 6.45) is 6.24. The van der Waals surface area contributed by atoms with Crippen molar-refractivity contribution in [3.05, 3.63) is 35.2 Å². The van der Waals surface area contributed by atoms with Crippen molar-refractivity contribution in [1.29, 1.82) is 0 Å². The van der Waals surface area contributed by atoms with Gasteiger partial charge in [-0.15, -0.1) is 0 Å². The highest BCUT2D eigenvalue weighted by Crippen LogP contribution is 2.38. The Morgan fingerprint density at radius 3 is 2.62 bits per heavy atom. The van der Waals surface area contributed by atoms with Gasteiger partial charge in [-0.25, -0.2) is 9.97 Å². The van der Waals surface area contributed by atoms with Gasteiger partial charge in [-0.05, 0) is 31.2 Å². The van der Waals surface area contributed by atoms with Crippen LogP contribution in [0.2, 0.25) is 5.02 Å². The second kappa shape index (κ2) is 6.46. The molecule has 0 aliphatic carbocycles. The van der Waals surface area contributed by atoms with Crippen LogP contribution in [0.4, 0.5) is 5.82 Å². The van der Waals surface area contributed by atoms with Gasteiger partial charge in [-0.1, -0.05) is 31.5 Å². The minimum absolute atomic E-state index is 0.406. The average Bonchev–Trinajstić information content (AvgIpc) is 3.25. The molecule has 0 unspecified atom stereocenters. The molecular formula is C22H25ClN6. The molecule has 4 heterocycles. The van der Waals surface area contributed by atoms with E-state index in [1.54, 1.807) is 4.68 Å². The van der Waals surface area contributed by atoms with E-state index in [9.17, 15) is 0 Å². The summed E-state index contributed by atoms with van der Waals surface area (Å²) in [6.45, 7) is 8.76. The van der Waals surface area contributed by atoms with Crippen molar-refractivity contribution in [2.45, 2.75) is 33.6 Å². The van der Waals surface area contributed by atoms with Crippen molar-refractivity contribution in [1.82, 2.24) is 24.7 Å². The zero-order chi connectivity index (χ0) is 20.3. The minimum Gasteiger partial charge on any atom is -0.355 e. The quantitative estimate of drug-likeness (QED) is 0.501. The molecule has 1 aromatic carbocycles. The summed E-state index contributed by atoms with van der Waals surface area (Å²) >= 11 is 6.74. The molecule has 0 spiro atoms. The highest BCUT2D eigenvalue weighted by molar-refractivity contribution is 6.38. The molecule has 5 rings (SSSR count). The normalized spacial score (nSPS) is 16.8. The van der Waals surface area contributed by atoms with Crippen LogP contribution in [0.3, 0.4) is 0 Å². The van der Waals surface area contributed by atoms with E-state index < -0.39 is 0 Å². The Labute approximate surface area is 174 Å². The number of nitrogens with one attached hydrogen (secondary N) is 1. The van der Waals surface area contributed by atoms with Crippen LogP contribution in [0.1, 0.15) is 32.4 Å². The molecular weight excluding hydrogens is 384 g/mol. The van der Waals surface area contributed by atoms with Crippen LogP contribution in [0.5, 0.6) is 0 Å². The highest BCUT2D eigenvalue weighted by Gasteiger charge is 2.27. The number of piperidine rings is 1. The smallest absolute Gasteiger partial charge is 0.159 e. The number of rotatable bonds is 2. The number of aryl methyl sites for hydroxylation is 2. The van der Waals surface area contributed by atoms with Crippen LogP contribution in [0, 0.1) is 12.3 Å². The zero-order valence-corrected chi connectivity index (χ0v) is 18.0. The van der Waals surface area contributed by atoms with E-state index in [1.165, 1.54) is 12.8 Å². The van der Waals surface area contributed by atoms with Gasteiger partial charge in [0.1, 0.15) is 5.52 Å². The number of H-pyrrole nitrogens is 1. The molecule has 6 nitrogen and oxygen atoms in total. The first kappa shape index (κ1) is 18.4. The second-order valence-corrected chi connectivity index (χ2v) is 9.22. The fourth-order valence-electron chi connectivity index (χ4n) is 4.22. The Kier molecular flexibility index (Phi) is 4.10. The predicted molar refractivity (Wildman–Crippen MR) is 119 cm³/mol. The molecule has 0 saturated carbocycles. The van der Waals surface area contributed by atoms with Crippen LogP contribution in [0.25, 0.3) is 33.2 Å². The van der Waals surface area contributed by atoms with Gasteiger partial charge in [0.25, 0.3) is 0 Å².